The van der Waals surface area contributed by atoms with Gasteiger partial charge in [0.25, 0.3) is 0 Å². The molecule has 1 unspecified atom stereocenters. The minimum Gasteiger partial charge on any atom is -0.315 e. The maximum atomic E-state index is 12.3. The molecule has 2 heterocycles. The van der Waals surface area contributed by atoms with Gasteiger partial charge in [0.05, 0.1) is 5.71 Å². The Bertz CT molecular complexity index is 756. The van der Waals surface area contributed by atoms with E-state index in [-0.39, 0.29) is 11.9 Å². The summed E-state index contributed by atoms with van der Waals surface area (Å²) in [6.45, 7) is 8.26. The van der Waals surface area contributed by atoms with Crippen LogP contribution in [-0.2, 0) is 4.79 Å². The van der Waals surface area contributed by atoms with Crippen molar-refractivity contribution in [1.82, 2.24) is 0 Å². The number of aliphatic imine (C=N–C) groups is 1. The third-order valence-corrected chi connectivity index (χ3v) is 5.28. The number of fused-ring (bicyclic) bond motifs is 1. The van der Waals surface area contributed by atoms with Crippen molar-refractivity contribution < 1.29 is 4.79 Å². The first-order valence-electron chi connectivity index (χ1n) is 7.57. The number of aryl methyl sites for hydroxylation is 2. The summed E-state index contributed by atoms with van der Waals surface area (Å²) in [6.07, 6.45) is 0.703. The van der Waals surface area contributed by atoms with Crippen LogP contribution in [0.15, 0.2) is 29.3 Å². The van der Waals surface area contributed by atoms with Gasteiger partial charge in [-0.05, 0) is 32.8 Å². The Kier molecular flexibility index (Phi) is 3.87. The van der Waals surface area contributed by atoms with E-state index in [0.29, 0.717) is 6.42 Å². The van der Waals surface area contributed by atoms with Crippen LogP contribution < -0.4 is 5.32 Å². The Morgan fingerprint density at radius 3 is 2.50 bits per heavy atom. The number of anilines is 1. The molecule has 2 aromatic rings. The molecule has 1 amide bonds. The van der Waals surface area contributed by atoms with Crippen molar-refractivity contribution in [1.29, 1.82) is 0 Å². The molecule has 1 N–H and O–H groups in total. The second-order valence-corrected chi connectivity index (χ2v) is 6.97. The molecule has 3 nitrogen and oxygen atoms in total. The highest BCUT2D eigenvalue weighted by molar-refractivity contribution is 7.17. The molecule has 1 atom stereocenters. The van der Waals surface area contributed by atoms with Crippen LogP contribution in [0.25, 0.3) is 0 Å². The third kappa shape index (κ3) is 2.48. The number of hydrogen-bond donors (Lipinski definition) is 1. The highest BCUT2D eigenvalue weighted by atomic mass is 32.1. The number of rotatable bonds is 2. The van der Waals surface area contributed by atoms with E-state index in [1.807, 2.05) is 6.92 Å². The zero-order valence-electron chi connectivity index (χ0n) is 13.4. The van der Waals surface area contributed by atoms with E-state index in [1.54, 1.807) is 11.3 Å². The first-order chi connectivity index (χ1) is 10.5. The lowest BCUT2D eigenvalue weighted by atomic mass is 9.99. The zero-order valence-corrected chi connectivity index (χ0v) is 14.2. The first-order valence-corrected chi connectivity index (χ1v) is 8.39. The highest BCUT2D eigenvalue weighted by Crippen LogP contribution is 2.36. The number of benzene rings is 1. The van der Waals surface area contributed by atoms with E-state index in [1.165, 1.54) is 16.0 Å². The van der Waals surface area contributed by atoms with Gasteiger partial charge in [0, 0.05) is 16.0 Å². The number of carbonyl (C=O) groups is 1. The van der Waals surface area contributed by atoms with Crippen LogP contribution in [0.2, 0.25) is 0 Å². The van der Waals surface area contributed by atoms with E-state index in [2.05, 4.69) is 50.4 Å². The number of carbonyl (C=O) groups excluding carboxylic acids is 1. The molecule has 3 rings (SSSR count). The van der Waals surface area contributed by atoms with Gasteiger partial charge in [-0.15, -0.1) is 11.3 Å². The summed E-state index contributed by atoms with van der Waals surface area (Å²) in [5, 5.41) is 3.99. The predicted molar refractivity (Wildman–Crippen MR) is 93.3 cm³/mol. The zero-order chi connectivity index (χ0) is 15.9. The molecule has 4 heteroatoms. The topological polar surface area (TPSA) is 41.5 Å². The van der Waals surface area contributed by atoms with E-state index < -0.39 is 0 Å². The van der Waals surface area contributed by atoms with Crippen molar-refractivity contribution in [2.24, 2.45) is 4.99 Å². The Morgan fingerprint density at radius 2 is 1.86 bits per heavy atom. The largest absolute Gasteiger partial charge is 0.315 e. The van der Waals surface area contributed by atoms with E-state index in [9.17, 15) is 4.79 Å². The molecule has 1 aromatic carbocycles. The smallest absolute Gasteiger partial charge is 0.249 e. The molecule has 0 aliphatic carbocycles. The Balaban J connectivity index is 2.23. The molecule has 1 aromatic heterocycles. The summed E-state index contributed by atoms with van der Waals surface area (Å²) >= 11 is 1.64. The molecule has 0 fully saturated rings. The van der Waals surface area contributed by atoms with E-state index >= 15 is 0 Å². The van der Waals surface area contributed by atoms with E-state index in [4.69, 9.17) is 4.99 Å². The van der Waals surface area contributed by atoms with Crippen molar-refractivity contribution in [2.75, 3.05) is 5.32 Å². The lowest BCUT2D eigenvalue weighted by molar-refractivity contribution is -0.117. The van der Waals surface area contributed by atoms with Gasteiger partial charge < -0.3 is 5.32 Å². The lowest BCUT2D eigenvalue weighted by Crippen LogP contribution is -2.24. The fourth-order valence-corrected chi connectivity index (χ4v) is 3.75. The Labute approximate surface area is 135 Å². The first kappa shape index (κ1) is 15.0. The van der Waals surface area contributed by atoms with Crippen molar-refractivity contribution in [3.8, 4) is 0 Å². The summed E-state index contributed by atoms with van der Waals surface area (Å²) in [5.74, 6) is -0.00730. The summed E-state index contributed by atoms with van der Waals surface area (Å²) < 4.78 is 0. The fourth-order valence-electron chi connectivity index (χ4n) is 2.68. The van der Waals surface area contributed by atoms with Gasteiger partial charge in [0.1, 0.15) is 11.0 Å². The Morgan fingerprint density at radius 1 is 1.18 bits per heavy atom. The average molecular weight is 312 g/mol. The third-order valence-electron chi connectivity index (χ3n) is 4.16. The molecule has 1 aliphatic heterocycles. The number of nitrogens with zero attached hydrogens (tertiary/aromatic N) is 1. The fraction of sp³-hybridized carbons (Fsp3) is 0.333. The summed E-state index contributed by atoms with van der Waals surface area (Å²) in [4.78, 5) is 18.4. The normalized spacial score (nSPS) is 17.5. The average Bonchev–Trinajstić information content (AvgIpc) is 2.68. The maximum absolute atomic E-state index is 12.3. The van der Waals surface area contributed by atoms with Crippen molar-refractivity contribution in [3.63, 3.8) is 0 Å². The van der Waals surface area contributed by atoms with Gasteiger partial charge in [-0.25, -0.2) is 0 Å². The maximum Gasteiger partial charge on any atom is 0.249 e. The molecule has 0 bridgehead atoms. The summed E-state index contributed by atoms with van der Waals surface area (Å²) in [7, 11) is 0. The predicted octanol–water partition coefficient (Wildman–Crippen LogP) is 4.24. The van der Waals surface area contributed by atoms with Crippen molar-refractivity contribution >= 4 is 28.0 Å². The SMILES string of the molecule is CCC1N=C(c2ccc(C)cc2)c2c(sc(C)c2C)NC1=O. The standard InChI is InChI=1S/C18H20N2OS/c1-5-14-17(21)20-18-15(11(3)12(4)22-18)16(19-14)13-8-6-10(2)7-9-13/h6-9,14H,5H2,1-4H3,(H,20,21). The second-order valence-electron chi connectivity index (χ2n) is 5.74. The van der Waals surface area contributed by atoms with Crippen LogP contribution in [-0.4, -0.2) is 17.7 Å². The van der Waals surface area contributed by atoms with Gasteiger partial charge in [0.2, 0.25) is 5.91 Å². The molecule has 0 saturated carbocycles. The number of amides is 1. The van der Waals surface area contributed by atoms with Gasteiger partial charge >= 0.3 is 0 Å². The lowest BCUT2D eigenvalue weighted by Gasteiger charge is -2.10. The van der Waals surface area contributed by atoms with Crippen molar-refractivity contribution in [2.45, 2.75) is 40.2 Å². The number of nitrogens with one attached hydrogen (secondary N) is 1. The molecule has 0 radical (unpaired) electrons. The van der Waals surface area contributed by atoms with Gasteiger partial charge in [0.15, 0.2) is 0 Å². The van der Waals surface area contributed by atoms with Gasteiger partial charge in [-0.1, -0.05) is 36.8 Å². The van der Waals surface area contributed by atoms with Crippen LogP contribution >= 0.6 is 11.3 Å². The van der Waals surface area contributed by atoms with Crippen LogP contribution in [0.4, 0.5) is 5.00 Å². The number of thiophene rings is 1. The summed E-state index contributed by atoms with van der Waals surface area (Å²) in [5.41, 5.74) is 5.51. The quantitative estimate of drug-likeness (QED) is 0.885. The monoisotopic (exact) mass is 312 g/mol. The molecular formula is C18H20N2OS. The molecule has 0 saturated heterocycles. The molecule has 114 valence electrons. The van der Waals surface area contributed by atoms with Gasteiger partial charge in [-0.2, -0.15) is 0 Å². The van der Waals surface area contributed by atoms with Crippen LogP contribution in [0.3, 0.4) is 0 Å². The molecule has 22 heavy (non-hydrogen) atoms. The minimum atomic E-state index is -0.324. The minimum absolute atomic E-state index is 0.00730. The van der Waals surface area contributed by atoms with Crippen LogP contribution in [0, 0.1) is 20.8 Å². The number of hydrogen-bond acceptors (Lipinski definition) is 3. The molecular weight excluding hydrogens is 292 g/mol. The highest BCUT2D eigenvalue weighted by Gasteiger charge is 2.28. The summed E-state index contributed by atoms with van der Waals surface area (Å²) in [6, 6.07) is 8.04. The molecule has 0 spiro atoms. The molecule has 1 aliphatic rings. The van der Waals surface area contributed by atoms with E-state index in [0.717, 1.165) is 21.8 Å². The van der Waals surface area contributed by atoms with Crippen molar-refractivity contribution in [3.05, 3.63) is 51.4 Å². The van der Waals surface area contributed by atoms with Gasteiger partial charge in [-0.3, -0.25) is 9.79 Å². The van der Waals surface area contributed by atoms with Crippen LogP contribution in [0.5, 0.6) is 0 Å². The van der Waals surface area contributed by atoms with Crippen LogP contribution in [0.1, 0.15) is 40.5 Å². The Hall–Kier alpha value is -1.94. The second kappa shape index (κ2) is 5.69.